The number of hydrogen-bond acceptors (Lipinski definition) is 5. The molecular weight excluding hydrogens is 458 g/mol. The smallest absolute Gasteiger partial charge is 0.244 e. The van der Waals surface area contributed by atoms with Gasteiger partial charge in [-0.1, -0.05) is 35.2 Å². The van der Waals surface area contributed by atoms with Crippen LogP contribution in [0.4, 0.5) is 0 Å². The molecule has 2 bridgehead atoms. The summed E-state index contributed by atoms with van der Waals surface area (Å²) in [7, 11) is 1.59. The van der Waals surface area contributed by atoms with E-state index in [9.17, 15) is 19.5 Å². The Hall–Kier alpha value is -0.800. The summed E-state index contributed by atoms with van der Waals surface area (Å²) in [5.74, 6) is -1.42. The third-order valence-corrected chi connectivity index (χ3v) is 10.4. The lowest BCUT2D eigenvalue weighted by atomic mass is 9.70. The molecule has 1 aliphatic carbocycles. The third kappa shape index (κ3) is 3.22. The number of hydrogen-bond donors (Lipinski definition) is 3. The van der Waals surface area contributed by atoms with E-state index in [2.05, 4.69) is 26.6 Å². The topological polar surface area (TPSA) is 98.7 Å². The van der Waals surface area contributed by atoms with Gasteiger partial charge in [-0.3, -0.25) is 14.4 Å². The molecule has 0 aromatic carbocycles. The highest BCUT2D eigenvalue weighted by atomic mass is 79.9. The van der Waals surface area contributed by atoms with Crippen LogP contribution in [0.1, 0.15) is 45.4 Å². The quantitative estimate of drug-likeness (QED) is 0.503. The molecule has 3 unspecified atom stereocenters. The molecule has 3 saturated heterocycles. The van der Waals surface area contributed by atoms with E-state index in [0.717, 1.165) is 25.7 Å². The zero-order valence-corrected chi connectivity index (χ0v) is 19.3. The molecule has 1 saturated carbocycles. The van der Waals surface area contributed by atoms with Gasteiger partial charge in [0.25, 0.3) is 0 Å². The van der Waals surface area contributed by atoms with E-state index in [1.165, 1.54) is 6.42 Å². The van der Waals surface area contributed by atoms with Gasteiger partial charge in [0.2, 0.25) is 17.7 Å². The van der Waals surface area contributed by atoms with Gasteiger partial charge in [0, 0.05) is 23.2 Å². The Bertz CT molecular complexity index is 703. The van der Waals surface area contributed by atoms with Crippen LogP contribution >= 0.6 is 27.7 Å². The second-order valence-electron chi connectivity index (χ2n) is 8.90. The van der Waals surface area contributed by atoms with Crippen molar-refractivity contribution in [2.45, 2.75) is 78.4 Å². The monoisotopic (exact) mass is 487 g/mol. The summed E-state index contributed by atoms with van der Waals surface area (Å²) in [6.07, 6.45) is 6.02. The first-order valence-corrected chi connectivity index (χ1v) is 12.4. The minimum absolute atomic E-state index is 0.0273. The molecule has 4 fully saturated rings. The van der Waals surface area contributed by atoms with Gasteiger partial charge in [0.05, 0.1) is 29.2 Å². The number of alkyl halides is 1. The molecule has 3 aliphatic heterocycles. The van der Waals surface area contributed by atoms with E-state index in [0.29, 0.717) is 6.42 Å². The number of amides is 3. The summed E-state index contributed by atoms with van der Waals surface area (Å²) in [4.78, 5) is 41.5. The van der Waals surface area contributed by atoms with E-state index < -0.39 is 28.7 Å². The molecule has 7 atom stereocenters. The average molecular weight is 488 g/mol. The number of nitrogens with zero attached hydrogens (tertiary/aromatic N) is 1. The molecule has 1 spiro atoms. The van der Waals surface area contributed by atoms with Crippen LogP contribution in [0.3, 0.4) is 0 Å². The third-order valence-electron chi connectivity index (χ3n) is 7.22. The molecule has 0 aromatic rings. The first-order valence-electron chi connectivity index (χ1n) is 10.6. The van der Waals surface area contributed by atoms with Crippen LogP contribution in [0, 0.1) is 11.8 Å². The minimum Gasteiger partial charge on any atom is -0.394 e. The van der Waals surface area contributed by atoms with Crippen molar-refractivity contribution < 1.29 is 19.5 Å². The van der Waals surface area contributed by atoms with Crippen LogP contribution in [0.25, 0.3) is 0 Å². The Morgan fingerprint density at radius 2 is 2.00 bits per heavy atom. The Labute approximate surface area is 184 Å². The summed E-state index contributed by atoms with van der Waals surface area (Å²) < 4.78 is -0.630. The Morgan fingerprint density at radius 1 is 1.31 bits per heavy atom. The predicted octanol–water partition coefficient (Wildman–Crippen LogP) is 1.03. The number of carbonyl (C=O) groups is 3. The first kappa shape index (κ1) is 21.4. The van der Waals surface area contributed by atoms with Gasteiger partial charge >= 0.3 is 0 Å². The number of rotatable bonds is 5. The fourth-order valence-electron chi connectivity index (χ4n) is 5.92. The Morgan fingerprint density at radius 3 is 2.62 bits per heavy atom. The van der Waals surface area contributed by atoms with Gasteiger partial charge in [0.1, 0.15) is 6.04 Å². The van der Waals surface area contributed by atoms with Gasteiger partial charge in [-0.05, 0) is 26.2 Å². The number of carbonyl (C=O) groups excluding carboxylic acids is 3. The largest absolute Gasteiger partial charge is 0.394 e. The number of likely N-dealkylation sites (tertiary alicyclic amines) is 1. The van der Waals surface area contributed by atoms with Crippen LogP contribution in [0.15, 0.2) is 0 Å². The van der Waals surface area contributed by atoms with Crippen molar-refractivity contribution >= 4 is 45.4 Å². The van der Waals surface area contributed by atoms with Crippen molar-refractivity contribution in [3.05, 3.63) is 0 Å². The zero-order chi connectivity index (χ0) is 20.9. The van der Waals surface area contributed by atoms with E-state index in [1.807, 2.05) is 0 Å². The standard InChI is InChI=1S/C20H30BrN3O4S/c1-10(9-25)24-16(18(27)23-11-6-4-3-5-7-11)20-8-12(21)15(29-20)13(17(26)22-2)14(20)19(24)28/h10-16,25H,3-9H2,1-2H3,(H,22,26)(H,23,27)/t10-,12?,13-,14+,15-,16?,20?/m1/s1. The van der Waals surface area contributed by atoms with E-state index in [1.54, 1.807) is 30.6 Å². The van der Waals surface area contributed by atoms with Crippen LogP contribution in [-0.4, -0.2) is 74.3 Å². The number of aliphatic hydroxyl groups is 1. The van der Waals surface area contributed by atoms with Crippen molar-refractivity contribution in [2.75, 3.05) is 13.7 Å². The lowest BCUT2D eigenvalue weighted by Crippen LogP contribution is -2.58. The maximum Gasteiger partial charge on any atom is 0.244 e. The van der Waals surface area contributed by atoms with Crippen LogP contribution in [0.5, 0.6) is 0 Å². The highest BCUT2D eigenvalue weighted by molar-refractivity contribution is 9.09. The summed E-state index contributed by atoms with van der Waals surface area (Å²) in [6.45, 7) is 1.56. The molecule has 9 heteroatoms. The van der Waals surface area contributed by atoms with Crippen LogP contribution in [0.2, 0.25) is 0 Å². The van der Waals surface area contributed by atoms with Crippen molar-refractivity contribution in [1.82, 2.24) is 15.5 Å². The van der Waals surface area contributed by atoms with Crippen LogP contribution in [-0.2, 0) is 14.4 Å². The second kappa shape index (κ2) is 8.04. The SMILES string of the molecule is CNC(=O)[C@H]1[C@@H]2SC3(CC2Br)C(C(=O)NC2CCCCC2)N([C@H](C)CO)C(=O)[C@H]13. The van der Waals surface area contributed by atoms with Gasteiger partial charge in [-0.25, -0.2) is 0 Å². The molecule has 0 radical (unpaired) electrons. The molecule has 162 valence electrons. The van der Waals surface area contributed by atoms with Crippen molar-refractivity contribution in [2.24, 2.45) is 11.8 Å². The molecular formula is C20H30BrN3O4S. The summed E-state index contributed by atoms with van der Waals surface area (Å²) in [6, 6.07) is -0.983. The number of thioether (sulfide) groups is 1. The van der Waals surface area contributed by atoms with E-state index >= 15 is 0 Å². The lowest BCUT2D eigenvalue weighted by molar-refractivity contribution is -0.142. The van der Waals surface area contributed by atoms with Crippen molar-refractivity contribution in [3.63, 3.8) is 0 Å². The summed E-state index contributed by atoms with van der Waals surface area (Å²) in [5.41, 5.74) is 0. The summed E-state index contributed by atoms with van der Waals surface area (Å²) >= 11 is 5.35. The molecule has 4 aliphatic rings. The van der Waals surface area contributed by atoms with Crippen molar-refractivity contribution in [3.8, 4) is 0 Å². The molecule has 3 amide bonds. The van der Waals surface area contributed by atoms with Gasteiger partial charge < -0.3 is 20.6 Å². The second-order valence-corrected chi connectivity index (χ2v) is 11.6. The highest BCUT2D eigenvalue weighted by Gasteiger charge is 2.75. The van der Waals surface area contributed by atoms with Gasteiger partial charge in [-0.2, -0.15) is 0 Å². The number of aliphatic hydroxyl groups excluding tert-OH is 1. The van der Waals surface area contributed by atoms with Crippen LogP contribution < -0.4 is 10.6 Å². The maximum absolute atomic E-state index is 13.6. The Kier molecular flexibility index (Phi) is 5.94. The predicted molar refractivity (Wildman–Crippen MR) is 115 cm³/mol. The fourth-order valence-corrected chi connectivity index (χ4v) is 9.52. The van der Waals surface area contributed by atoms with Gasteiger partial charge in [0.15, 0.2) is 0 Å². The van der Waals surface area contributed by atoms with E-state index in [4.69, 9.17) is 0 Å². The van der Waals surface area contributed by atoms with E-state index in [-0.39, 0.29) is 40.4 Å². The fraction of sp³-hybridized carbons (Fsp3) is 0.850. The Balaban J connectivity index is 1.70. The number of halogens is 1. The molecule has 0 aromatic heterocycles. The van der Waals surface area contributed by atoms with Gasteiger partial charge in [-0.15, -0.1) is 11.8 Å². The molecule has 4 rings (SSSR count). The highest BCUT2D eigenvalue weighted by Crippen LogP contribution is 2.67. The molecule has 29 heavy (non-hydrogen) atoms. The van der Waals surface area contributed by atoms with Crippen molar-refractivity contribution in [1.29, 1.82) is 0 Å². The molecule has 3 heterocycles. The normalized spacial score (nSPS) is 40.1. The summed E-state index contributed by atoms with van der Waals surface area (Å²) in [5, 5.41) is 15.7. The average Bonchev–Trinajstić information content (AvgIpc) is 3.31. The molecule has 7 nitrogen and oxygen atoms in total. The molecule has 3 N–H and O–H groups in total. The lowest BCUT2D eigenvalue weighted by Gasteiger charge is -2.37. The number of nitrogens with one attached hydrogen (secondary N) is 2. The zero-order valence-electron chi connectivity index (χ0n) is 16.9. The minimum atomic E-state index is -0.659. The maximum atomic E-state index is 13.6. The number of fused-ring (bicyclic) bond motifs is 1. The first-order chi connectivity index (χ1) is 13.9.